The summed E-state index contributed by atoms with van der Waals surface area (Å²) < 4.78 is 78.0. The molecule has 0 saturated carbocycles. The summed E-state index contributed by atoms with van der Waals surface area (Å²) >= 11 is 0. The number of rotatable bonds is 3. The van der Waals surface area contributed by atoms with E-state index in [1.54, 1.807) is 0 Å². The van der Waals surface area contributed by atoms with Crippen LogP contribution < -0.4 is 4.72 Å². The number of benzene rings is 2. The first-order chi connectivity index (χ1) is 9.72. The maximum Gasteiger partial charge on any atom is 0.262 e. The van der Waals surface area contributed by atoms with Gasteiger partial charge in [0, 0.05) is 12.1 Å². The summed E-state index contributed by atoms with van der Waals surface area (Å²) in [6.45, 7) is 0. The number of hydrogen-bond acceptors (Lipinski definition) is 3. The summed E-state index contributed by atoms with van der Waals surface area (Å²) in [5, 5.41) is 9.18. The highest BCUT2D eigenvalue weighted by Crippen LogP contribution is 2.27. The summed E-state index contributed by atoms with van der Waals surface area (Å²) in [6.07, 6.45) is 0. The first-order valence-electron chi connectivity index (χ1n) is 5.37. The first-order valence-corrected chi connectivity index (χ1v) is 6.85. The summed E-state index contributed by atoms with van der Waals surface area (Å²) in [5.74, 6) is -7.66. The van der Waals surface area contributed by atoms with Crippen molar-refractivity contribution in [1.82, 2.24) is 0 Å². The summed E-state index contributed by atoms with van der Waals surface area (Å²) in [6, 6.07) is 4.11. The van der Waals surface area contributed by atoms with E-state index < -0.39 is 49.6 Å². The molecule has 21 heavy (non-hydrogen) atoms. The van der Waals surface area contributed by atoms with Crippen molar-refractivity contribution in [1.29, 1.82) is 0 Å². The van der Waals surface area contributed by atoms with Crippen molar-refractivity contribution >= 4 is 15.7 Å². The molecule has 0 bridgehead atoms. The molecule has 0 spiro atoms. The van der Waals surface area contributed by atoms with Gasteiger partial charge in [-0.3, -0.25) is 4.72 Å². The molecular formula is C12H7F4NO3S. The zero-order valence-corrected chi connectivity index (χ0v) is 10.9. The largest absolute Gasteiger partial charge is 0.508 e. The number of aromatic hydroxyl groups is 1. The smallest absolute Gasteiger partial charge is 0.262 e. The molecule has 0 heterocycles. The number of anilines is 1. The van der Waals surface area contributed by atoms with Crippen LogP contribution in [0.5, 0.6) is 5.75 Å². The van der Waals surface area contributed by atoms with E-state index in [2.05, 4.69) is 0 Å². The molecule has 4 nitrogen and oxygen atoms in total. The Morgan fingerprint density at radius 3 is 2.05 bits per heavy atom. The van der Waals surface area contributed by atoms with Crippen LogP contribution in [0, 0.1) is 23.3 Å². The lowest BCUT2D eigenvalue weighted by molar-refractivity contribution is 0.459. The molecule has 2 rings (SSSR count). The molecule has 0 aromatic heterocycles. The fourth-order valence-corrected chi connectivity index (χ4v) is 2.61. The number of nitrogens with one attached hydrogen (secondary N) is 1. The number of phenols is 1. The lowest BCUT2D eigenvalue weighted by Gasteiger charge is -2.11. The zero-order valence-electron chi connectivity index (χ0n) is 10.1. The monoisotopic (exact) mass is 321 g/mol. The van der Waals surface area contributed by atoms with Crippen LogP contribution >= 0.6 is 0 Å². The second-order valence-corrected chi connectivity index (χ2v) is 5.63. The normalized spacial score (nSPS) is 11.4. The van der Waals surface area contributed by atoms with Crippen LogP contribution in [0.15, 0.2) is 35.2 Å². The summed E-state index contributed by atoms with van der Waals surface area (Å²) in [5.41, 5.74) is -1.48. The minimum atomic E-state index is -4.54. The third kappa shape index (κ3) is 2.92. The van der Waals surface area contributed by atoms with Crippen molar-refractivity contribution in [3.05, 3.63) is 53.6 Å². The van der Waals surface area contributed by atoms with E-state index in [0.717, 1.165) is 12.1 Å². The summed E-state index contributed by atoms with van der Waals surface area (Å²) in [7, 11) is -4.54. The van der Waals surface area contributed by atoms with Crippen LogP contribution in [0.2, 0.25) is 0 Å². The van der Waals surface area contributed by atoms with Crippen molar-refractivity contribution in [2.45, 2.75) is 4.90 Å². The van der Waals surface area contributed by atoms with Crippen LogP contribution in [0.25, 0.3) is 0 Å². The second-order valence-electron chi connectivity index (χ2n) is 3.95. The third-order valence-electron chi connectivity index (χ3n) is 2.48. The Morgan fingerprint density at radius 1 is 0.952 bits per heavy atom. The van der Waals surface area contributed by atoms with Gasteiger partial charge in [0.05, 0.1) is 4.90 Å². The molecule has 0 atom stereocenters. The van der Waals surface area contributed by atoms with Gasteiger partial charge in [0.2, 0.25) is 0 Å². The lowest BCUT2D eigenvalue weighted by atomic mass is 10.3. The quantitative estimate of drug-likeness (QED) is 0.675. The predicted molar refractivity (Wildman–Crippen MR) is 65.2 cm³/mol. The van der Waals surface area contributed by atoms with Gasteiger partial charge in [-0.05, 0) is 12.1 Å². The van der Waals surface area contributed by atoms with E-state index in [4.69, 9.17) is 0 Å². The van der Waals surface area contributed by atoms with E-state index in [-0.39, 0.29) is 6.07 Å². The predicted octanol–water partition coefficient (Wildman–Crippen LogP) is 2.75. The molecule has 0 unspecified atom stereocenters. The van der Waals surface area contributed by atoms with Crippen LogP contribution in [-0.4, -0.2) is 13.5 Å². The van der Waals surface area contributed by atoms with Crippen molar-refractivity contribution in [3.8, 4) is 5.75 Å². The Kier molecular flexibility index (Phi) is 3.77. The van der Waals surface area contributed by atoms with Gasteiger partial charge >= 0.3 is 0 Å². The Balaban J connectivity index is 2.52. The average Bonchev–Trinajstić information content (AvgIpc) is 2.41. The molecule has 112 valence electrons. The highest BCUT2D eigenvalue weighted by Gasteiger charge is 2.24. The molecule has 9 heteroatoms. The number of halogens is 4. The molecule has 2 aromatic carbocycles. The Labute approximate surface area is 116 Å². The van der Waals surface area contributed by atoms with Gasteiger partial charge in [-0.25, -0.2) is 26.0 Å². The molecule has 0 aliphatic heterocycles. The van der Waals surface area contributed by atoms with E-state index >= 15 is 0 Å². The summed E-state index contributed by atoms with van der Waals surface area (Å²) in [4.78, 5) is -0.536. The van der Waals surface area contributed by atoms with Crippen LogP contribution in [0.3, 0.4) is 0 Å². The van der Waals surface area contributed by atoms with E-state index in [1.807, 2.05) is 0 Å². The molecule has 2 N–H and O–H groups in total. The standard InChI is InChI=1S/C12H7F4NO3S/c13-8-5-9(14)11(16)12(10(8)15)17-21(19,20)7-3-1-2-6(18)4-7/h1-5,17-18H. The van der Waals surface area contributed by atoms with Crippen LogP contribution in [0.1, 0.15) is 0 Å². The van der Waals surface area contributed by atoms with Gasteiger partial charge in [-0.1, -0.05) is 6.07 Å². The number of hydrogen-bond donors (Lipinski definition) is 2. The first kappa shape index (κ1) is 15.1. The van der Waals surface area contributed by atoms with E-state index in [9.17, 15) is 31.1 Å². The molecule has 0 radical (unpaired) electrons. The molecule has 0 aliphatic carbocycles. The van der Waals surface area contributed by atoms with Gasteiger partial charge in [0.15, 0.2) is 23.3 Å². The maximum atomic E-state index is 13.4. The molecule has 0 saturated heterocycles. The van der Waals surface area contributed by atoms with Gasteiger partial charge in [-0.2, -0.15) is 0 Å². The lowest BCUT2D eigenvalue weighted by Crippen LogP contribution is -2.16. The van der Waals surface area contributed by atoms with Gasteiger partial charge in [0.1, 0.15) is 11.4 Å². The van der Waals surface area contributed by atoms with E-state index in [1.165, 1.54) is 16.9 Å². The van der Waals surface area contributed by atoms with Crippen LogP contribution in [-0.2, 0) is 10.0 Å². The number of phenolic OH excluding ortho intramolecular Hbond substituents is 1. The SMILES string of the molecule is O=S(=O)(Nc1c(F)c(F)cc(F)c1F)c1cccc(O)c1. The van der Waals surface area contributed by atoms with Crippen molar-refractivity contribution in [2.24, 2.45) is 0 Å². The minimum absolute atomic E-state index is 0.0448. The molecule has 2 aromatic rings. The highest BCUT2D eigenvalue weighted by molar-refractivity contribution is 7.92. The topological polar surface area (TPSA) is 66.4 Å². The molecule has 0 aliphatic rings. The third-order valence-corrected chi connectivity index (χ3v) is 3.82. The average molecular weight is 321 g/mol. The Hall–Kier alpha value is -2.29. The Bertz CT molecular complexity index is 782. The van der Waals surface area contributed by atoms with Crippen LogP contribution in [0.4, 0.5) is 23.2 Å². The van der Waals surface area contributed by atoms with Gasteiger partial charge < -0.3 is 5.11 Å². The fraction of sp³-hybridized carbons (Fsp3) is 0. The van der Waals surface area contributed by atoms with Gasteiger partial charge in [0.25, 0.3) is 10.0 Å². The van der Waals surface area contributed by atoms with E-state index in [0.29, 0.717) is 0 Å². The van der Waals surface area contributed by atoms with Gasteiger partial charge in [-0.15, -0.1) is 0 Å². The fourth-order valence-electron chi connectivity index (χ4n) is 1.51. The Morgan fingerprint density at radius 2 is 1.52 bits per heavy atom. The second kappa shape index (κ2) is 5.24. The zero-order chi connectivity index (χ0) is 15.8. The van der Waals surface area contributed by atoms with Crippen molar-refractivity contribution < 1.29 is 31.1 Å². The van der Waals surface area contributed by atoms with Crippen molar-refractivity contribution in [3.63, 3.8) is 0 Å². The molecular weight excluding hydrogens is 314 g/mol. The molecule has 0 fully saturated rings. The minimum Gasteiger partial charge on any atom is -0.508 e. The highest BCUT2D eigenvalue weighted by atomic mass is 32.2. The maximum absolute atomic E-state index is 13.4. The number of sulfonamides is 1. The van der Waals surface area contributed by atoms with Crippen molar-refractivity contribution in [2.75, 3.05) is 4.72 Å². The molecule has 0 amide bonds.